The SMILES string of the molecule is Cc1nn(C)c(C)c1[C@@H]1CCCN1C(=O)c1ccoc1C. The number of hydrogen-bond donors (Lipinski definition) is 0. The van der Waals surface area contributed by atoms with Crippen LogP contribution < -0.4 is 0 Å². The van der Waals surface area contributed by atoms with Gasteiger partial charge in [-0.05, 0) is 39.7 Å². The van der Waals surface area contributed by atoms with E-state index in [0.717, 1.165) is 30.8 Å². The van der Waals surface area contributed by atoms with Gasteiger partial charge in [0.2, 0.25) is 0 Å². The molecule has 1 aliphatic rings. The summed E-state index contributed by atoms with van der Waals surface area (Å²) >= 11 is 0. The molecule has 112 valence electrons. The number of carbonyl (C=O) groups excluding carboxylic acids is 1. The average molecular weight is 287 g/mol. The Morgan fingerprint density at radius 1 is 1.38 bits per heavy atom. The number of nitrogens with zero attached hydrogens (tertiary/aromatic N) is 3. The van der Waals surface area contributed by atoms with Crippen LogP contribution in [0.15, 0.2) is 16.7 Å². The summed E-state index contributed by atoms with van der Waals surface area (Å²) in [4.78, 5) is 14.7. The molecule has 1 aliphatic heterocycles. The van der Waals surface area contributed by atoms with E-state index in [0.29, 0.717) is 11.3 Å². The zero-order valence-electron chi connectivity index (χ0n) is 13.0. The lowest BCUT2D eigenvalue weighted by molar-refractivity contribution is 0.0733. The predicted molar refractivity (Wildman–Crippen MR) is 79.1 cm³/mol. The molecule has 1 amide bonds. The Morgan fingerprint density at radius 2 is 2.14 bits per heavy atom. The van der Waals surface area contributed by atoms with Crippen LogP contribution in [0.25, 0.3) is 0 Å². The summed E-state index contributed by atoms with van der Waals surface area (Å²) in [7, 11) is 1.95. The Morgan fingerprint density at radius 3 is 2.71 bits per heavy atom. The summed E-state index contributed by atoms with van der Waals surface area (Å²) < 4.78 is 7.17. The molecule has 1 atom stereocenters. The van der Waals surface area contributed by atoms with Crippen LogP contribution in [0, 0.1) is 20.8 Å². The van der Waals surface area contributed by atoms with Gasteiger partial charge in [-0.25, -0.2) is 0 Å². The van der Waals surface area contributed by atoms with Crippen molar-refractivity contribution in [1.29, 1.82) is 0 Å². The largest absolute Gasteiger partial charge is 0.469 e. The molecule has 5 nitrogen and oxygen atoms in total. The molecule has 3 heterocycles. The van der Waals surface area contributed by atoms with Crippen LogP contribution in [0.5, 0.6) is 0 Å². The third-order valence-corrected chi connectivity index (χ3v) is 4.50. The molecular formula is C16H21N3O2. The van der Waals surface area contributed by atoms with Gasteiger partial charge in [0.1, 0.15) is 5.76 Å². The topological polar surface area (TPSA) is 51.3 Å². The fourth-order valence-electron chi connectivity index (χ4n) is 3.34. The van der Waals surface area contributed by atoms with Gasteiger partial charge in [-0.2, -0.15) is 5.10 Å². The van der Waals surface area contributed by atoms with E-state index in [2.05, 4.69) is 12.0 Å². The van der Waals surface area contributed by atoms with Crippen molar-refractivity contribution in [3.05, 3.63) is 40.6 Å². The molecule has 2 aromatic heterocycles. The van der Waals surface area contributed by atoms with E-state index in [9.17, 15) is 4.79 Å². The first kappa shape index (κ1) is 13.9. The second-order valence-electron chi connectivity index (χ2n) is 5.76. The molecule has 0 bridgehead atoms. The lowest BCUT2D eigenvalue weighted by Gasteiger charge is -2.25. The molecule has 0 saturated carbocycles. The number of aryl methyl sites for hydroxylation is 3. The standard InChI is InChI=1S/C16H21N3O2/c1-10-15(11(2)18(4)17-10)14-6-5-8-19(14)16(20)13-7-9-21-12(13)3/h7,9,14H,5-6,8H2,1-4H3/t14-/m0/s1. The van der Waals surface area contributed by atoms with Crippen LogP contribution in [-0.4, -0.2) is 27.1 Å². The normalized spacial score (nSPS) is 18.5. The summed E-state index contributed by atoms with van der Waals surface area (Å²) in [5.41, 5.74) is 4.02. The van der Waals surface area contributed by atoms with Crippen LogP contribution in [0.4, 0.5) is 0 Å². The zero-order valence-corrected chi connectivity index (χ0v) is 13.0. The van der Waals surface area contributed by atoms with Crippen molar-refractivity contribution in [3.63, 3.8) is 0 Å². The van der Waals surface area contributed by atoms with E-state index >= 15 is 0 Å². The van der Waals surface area contributed by atoms with Crippen molar-refractivity contribution in [2.45, 2.75) is 39.7 Å². The first-order chi connectivity index (χ1) is 10.0. The van der Waals surface area contributed by atoms with E-state index in [1.54, 1.807) is 12.3 Å². The van der Waals surface area contributed by atoms with Gasteiger partial charge in [0.25, 0.3) is 5.91 Å². The van der Waals surface area contributed by atoms with Gasteiger partial charge in [0.15, 0.2) is 0 Å². The van der Waals surface area contributed by atoms with E-state index in [1.165, 1.54) is 5.56 Å². The molecule has 0 unspecified atom stereocenters. The molecule has 1 fully saturated rings. The Balaban J connectivity index is 1.96. The van der Waals surface area contributed by atoms with Gasteiger partial charge in [0.05, 0.1) is 23.6 Å². The second-order valence-corrected chi connectivity index (χ2v) is 5.76. The van der Waals surface area contributed by atoms with E-state index < -0.39 is 0 Å². The second kappa shape index (κ2) is 5.06. The number of amides is 1. The molecule has 3 rings (SSSR count). The van der Waals surface area contributed by atoms with Gasteiger partial charge >= 0.3 is 0 Å². The fourth-order valence-corrected chi connectivity index (χ4v) is 3.34. The number of carbonyl (C=O) groups is 1. The minimum atomic E-state index is 0.0615. The maximum absolute atomic E-state index is 12.8. The van der Waals surface area contributed by atoms with Crippen molar-refractivity contribution >= 4 is 5.91 Å². The van der Waals surface area contributed by atoms with Crippen molar-refractivity contribution in [1.82, 2.24) is 14.7 Å². The summed E-state index contributed by atoms with van der Waals surface area (Å²) in [5, 5.41) is 4.49. The van der Waals surface area contributed by atoms with Gasteiger partial charge in [-0.15, -0.1) is 0 Å². The lowest BCUT2D eigenvalue weighted by atomic mass is 10.0. The minimum absolute atomic E-state index is 0.0615. The molecule has 1 saturated heterocycles. The molecule has 0 aliphatic carbocycles. The Bertz CT molecular complexity index is 684. The molecule has 0 spiro atoms. The third-order valence-electron chi connectivity index (χ3n) is 4.50. The summed E-state index contributed by atoms with van der Waals surface area (Å²) in [6.07, 6.45) is 3.60. The lowest BCUT2D eigenvalue weighted by Crippen LogP contribution is -2.31. The highest BCUT2D eigenvalue weighted by molar-refractivity contribution is 5.95. The summed E-state index contributed by atoms with van der Waals surface area (Å²) in [6, 6.07) is 1.89. The molecule has 2 aromatic rings. The van der Waals surface area contributed by atoms with Crippen molar-refractivity contribution in [2.24, 2.45) is 7.05 Å². The first-order valence-electron chi connectivity index (χ1n) is 7.36. The predicted octanol–water partition coefficient (Wildman–Crippen LogP) is 2.92. The number of likely N-dealkylation sites (tertiary alicyclic amines) is 1. The Labute approximate surface area is 124 Å². The van der Waals surface area contributed by atoms with Crippen LogP contribution >= 0.6 is 0 Å². The maximum Gasteiger partial charge on any atom is 0.257 e. The highest BCUT2D eigenvalue weighted by Gasteiger charge is 2.34. The van der Waals surface area contributed by atoms with E-state index in [4.69, 9.17) is 4.42 Å². The van der Waals surface area contributed by atoms with Crippen molar-refractivity contribution in [2.75, 3.05) is 6.54 Å². The number of furan rings is 1. The zero-order chi connectivity index (χ0) is 15.1. The molecular weight excluding hydrogens is 266 g/mol. The quantitative estimate of drug-likeness (QED) is 0.853. The number of hydrogen-bond acceptors (Lipinski definition) is 3. The van der Waals surface area contributed by atoms with Gasteiger partial charge in [-0.1, -0.05) is 0 Å². The highest BCUT2D eigenvalue weighted by Crippen LogP contribution is 2.36. The van der Waals surface area contributed by atoms with Crippen molar-refractivity contribution in [3.8, 4) is 0 Å². The van der Waals surface area contributed by atoms with E-state index in [1.807, 2.05) is 30.5 Å². The molecule has 5 heteroatoms. The Kier molecular flexibility index (Phi) is 3.35. The average Bonchev–Trinajstić information content (AvgIpc) is 3.11. The molecule has 0 aromatic carbocycles. The van der Waals surface area contributed by atoms with Gasteiger partial charge in [-0.3, -0.25) is 9.48 Å². The molecule has 0 N–H and O–H groups in total. The van der Waals surface area contributed by atoms with Gasteiger partial charge in [0, 0.05) is 24.8 Å². The molecule has 21 heavy (non-hydrogen) atoms. The number of aromatic nitrogens is 2. The van der Waals surface area contributed by atoms with Crippen molar-refractivity contribution < 1.29 is 9.21 Å². The summed E-state index contributed by atoms with van der Waals surface area (Å²) in [5.74, 6) is 0.747. The Hall–Kier alpha value is -2.04. The van der Waals surface area contributed by atoms with Gasteiger partial charge < -0.3 is 9.32 Å². The maximum atomic E-state index is 12.8. The van der Waals surface area contributed by atoms with Crippen LogP contribution in [0.3, 0.4) is 0 Å². The van der Waals surface area contributed by atoms with Crippen LogP contribution in [0.2, 0.25) is 0 Å². The first-order valence-corrected chi connectivity index (χ1v) is 7.36. The van der Waals surface area contributed by atoms with Crippen LogP contribution in [0.1, 0.15) is 52.0 Å². The third kappa shape index (κ3) is 2.17. The minimum Gasteiger partial charge on any atom is -0.469 e. The number of rotatable bonds is 2. The molecule has 0 radical (unpaired) electrons. The van der Waals surface area contributed by atoms with E-state index in [-0.39, 0.29) is 11.9 Å². The summed E-state index contributed by atoms with van der Waals surface area (Å²) in [6.45, 7) is 6.71. The smallest absolute Gasteiger partial charge is 0.257 e. The van der Waals surface area contributed by atoms with Crippen LogP contribution in [-0.2, 0) is 7.05 Å². The highest BCUT2D eigenvalue weighted by atomic mass is 16.3. The monoisotopic (exact) mass is 287 g/mol. The fraction of sp³-hybridized carbons (Fsp3) is 0.500.